The van der Waals surface area contributed by atoms with Gasteiger partial charge in [0.2, 0.25) is 0 Å². The second-order valence-corrected chi connectivity index (χ2v) is 5.35. The van der Waals surface area contributed by atoms with Gasteiger partial charge >= 0.3 is 0 Å². The van der Waals surface area contributed by atoms with Crippen LogP contribution in [0.25, 0.3) is 0 Å². The Bertz CT molecular complexity index is 328. The largest absolute Gasteiger partial charge is 0.377 e. The van der Waals surface area contributed by atoms with Crippen LogP contribution in [0.5, 0.6) is 0 Å². The fourth-order valence-electron chi connectivity index (χ4n) is 2.46. The maximum atomic E-state index is 4.21. The molecule has 16 heavy (non-hydrogen) atoms. The molecule has 1 aromatic heterocycles. The summed E-state index contributed by atoms with van der Waals surface area (Å²) in [6, 6.07) is 1.32. The second-order valence-electron chi connectivity index (χ2n) is 4.60. The minimum absolute atomic E-state index is 0.662. The smallest absolute Gasteiger partial charge is 0.134 e. The van der Waals surface area contributed by atoms with Gasteiger partial charge in [-0.3, -0.25) is 4.90 Å². The predicted octanol–water partition coefficient (Wildman–Crippen LogP) is 2.34. The zero-order valence-electron chi connectivity index (χ0n) is 10.2. The van der Waals surface area contributed by atoms with Crippen LogP contribution >= 0.6 is 11.5 Å². The van der Waals surface area contributed by atoms with Gasteiger partial charge in [0.05, 0.1) is 0 Å². The molecule has 1 aliphatic heterocycles. The number of aromatic nitrogens is 2. The average molecular weight is 240 g/mol. The maximum Gasteiger partial charge on any atom is 0.134 e. The molecule has 2 unspecified atom stereocenters. The van der Waals surface area contributed by atoms with E-state index < -0.39 is 0 Å². The van der Waals surface area contributed by atoms with Crippen LogP contribution in [0, 0.1) is 0 Å². The summed E-state index contributed by atoms with van der Waals surface area (Å²) < 4.78 is 4.01. The molecule has 0 spiro atoms. The molecule has 90 valence electrons. The summed E-state index contributed by atoms with van der Waals surface area (Å²) in [7, 11) is 1.93. The van der Waals surface area contributed by atoms with Crippen LogP contribution in [0.3, 0.4) is 0 Å². The molecule has 1 aliphatic rings. The first-order valence-corrected chi connectivity index (χ1v) is 6.74. The van der Waals surface area contributed by atoms with Gasteiger partial charge in [0.25, 0.3) is 0 Å². The SMILES string of the molecule is CNc1snnc1CN1C(C)CCCC1C. The third-order valence-corrected chi connectivity index (χ3v) is 4.28. The zero-order valence-corrected chi connectivity index (χ0v) is 11.0. The first kappa shape index (κ1) is 11.8. The lowest BCUT2D eigenvalue weighted by Gasteiger charge is -2.38. The molecule has 1 aromatic rings. The summed E-state index contributed by atoms with van der Waals surface area (Å²) >= 11 is 1.44. The lowest BCUT2D eigenvalue weighted by Crippen LogP contribution is -2.43. The van der Waals surface area contributed by atoms with Crippen molar-refractivity contribution < 1.29 is 0 Å². The molecule has 0 bridgehead atoms. The van der Waals surface area contributed by atoms with E-state index in [2.05, 4.69) is 33.7 Å². The Labute approximate surface area is 101 Å². The van der Waals surface area contributed by atoms with Gasteiger partial charge in [-0.2, -0.15) is 0 Å². The normalized spacial score (nSPS) is 26.9. The van der Waals surface area contributed by atoms with Gasteiger partial charge < -0.3 is 5.32 Å². The monoisotopic (exact) mass is 240 g/mol. The van der Waals surface area contributed by atoms with Crippen molar-refractivity contribution in [1.29, 1.82) is 0 Å². The van der Waals surface area contributed by atoms with E-state index in [0.29, 0.717) is 12.1 Å². The highest BCUT2D eigenvalue weighted by atomic mass is 32.1. The molecule has 1 N–H and O–H groups in total. The Morgan fingerprint density at radius 1 is 1.38 bits per heavy atom. The molecular weight excluding hydrogens is 220 g/mol. The molecule has 0 aliphatic carbocycles. The first-order chi connectivity index (χ1) is 7.72. The van der Waals surface area contributed by atoms with E-state index >= 15 is 0 Å². The van der Waals surface area contributed by atoms with Crippen molar-refractivity contribution in [2.75, 3.05) is 12.4 Å². The fourth-order valence-corrected chi connectivity index (χ4v) is 2.98. The number of hydrogen-bond acceptors (Lipinski definition) is 5. The van der Waals surface area contributed by atoms with E-state index in [4.69, 9.17) is 0 Å². The van der Waals surface area contributed by atoms with E-state index in [1.807, 2.05) is 7.05 Å². The highest BCUT2D eigenvalue weighted by Gasteiger charge is 2.26. The van der Waals surface area contributed by atoms with Gasteiger partial charge in [-0.05, 0) is 26.7 Å². The van der Waals surface area contributed by atoms with E-state index in [9.17, 15) is 0 Å². The van der Waals surface area contributed by atoms with Crippen molar-refractivity contribution in [2.24, 2.45) is 0 Å². The Morgan fingerprint density at radius 2 is 2.06 bits per heavy atom. The number of anilines is 1. The molecule has 4 nitrogen and oxygen atoms in total. The van der Waals surface area contributed by atoms with Crippen LogP contribution in [0.1, 0.15) is 38.8 Å². The highest BCUT2D eigenvalue weighted by molar-refractivity contribution is 7.10. The molecular formula is C11H20N4S. The molecule has 0 aromatic carbocycles. The Balaban J connectivity index is 2.07. The van der Waals surface area contributed by atoms with Crippen LogP contribution in [-0.2, 0) is 6.54 Å². The summed E-state index contributed by atoms with van der Waals surface area (Å²) in [5.74, 6) is 0. The zero-order chi connectivity index (χ0) is 11.5. The summed E-state index contributed by atoms with van der Waals surface area (Å²) in [4.78, 5) is 2.54. The predicted molar refractivity (Wildman–Crippen MR) is 67.8 cm³/mol. The Hall–Kier alpha value is -0.680. The van der Waals surface area contributed by atoms with Crippen LogP contribution in [0.2, 0.25) is 0 Å². The molecule has 2 rings (SSSR count). The molecule has 2 heterocycles. The minimum atomic E-state index is 0.662. The van der Waals surface area contributed by atoms with E-state index in [-0.39, 0.29) is 0 Å². The van der Waals surface area contributed by atoms with Gasteiger partial charge in [0.15, 0.2) is 0 Å². The summed E-state index contributed by atoms with van der Waals surface area (Å²) in [5, 5.41) is 8.48. The quantitative estimate of drug-likeness (QED) is 0.880. The third-order valence-electron chi connectivity index (χ3n) is 3.49. The van der Waals surface area contributed by atoms with E-state index in [0.717, 1.165) is 17.2 Å². The average Bonchev–Trinajstić information content (AvgIpc) is 2.71. The summed E-state index contributed by atoms with van der Waals surface area (Å²) in [6.07, 6.45) is 3.96. The topological polar surface area (TPSA) is 41.1 Å². The van der Waals surface area contributed by atoms with Crippen molar-refractivity contribution in [1.82, 2.24) is 14.5 Å². The number of piperidine rings is 1. The minimum Gasteiger partial charge on any atom is -0.377 e. The van der Waals surface area contributed by atoms with Crippen molar-refractivity contribution in [3.63, 3.8) is 0 Å². The lowest BCUT2D eigenvalue weighted by molar-refractivity contribution is 0.0940. The van der Waals surface area contributed by atoms with Crippen molar-refractivity contribution in [2.45, 2.75) is 51.7 Å². The number of rotatable bonds is 3. The summed E-state index contributed by atoms with van der Waals surface area (Å²) in [5.41, 5.74) is 1.09. The van der Waals surface area contributed by atoms with Gasteiger partial charge in [-0.1, -0.05) is 10.9 Å². The van der Waals surface area contributed by atoms with Crippen LogP contribution in [0.4, 0.5) is 5.00 Å². The molecule has 0 saturated carbocycles. The summed E-state index contributed by atoms with van der Waals surface area (Å²) in [6.45, 7) is 5.55. The lowest BCUT2D eigenvalue weighted by atomic mass is 9.97. The van der Waals surface area contributed by atoms with Crippen LogP contribution < -0.4 is 5.32 Å². The third kappa shape index (κ3) is 2.35. The molecule has 1 saturated heterocycles. The Kier molecular flexibility index (Phi) is 3.76. The van der Waals surface area contributed by atoms with Crippen LogP contribution in [-0.4, -0.2) is 33.6 Å². The first-order valence-electron chi connectivity index (χ1n) is 5.97. The van der Waals surface area contributed by atoms with Gasteiger partial charge in [0.1, 0.15) is 10.7 Å². The highest BCUT2D eigenvalue weighted by Crippen LogP contribution is 2.26. The molecule has 5 heteroatoms. The van der Waals surface area contributed by atoms with E-state index in [1.54, 1.807) is 0 Å². The maximum absolute atomic E-state index is 4.21. The van der Waals surface area contributed by atoms with Gasteiger partial charge in [-0.15, -0.1) is 5.10 Å². The molecule has 2 atom stereocenters. The molecule has 0 amide bonds. The number of hydrogen-bond donors (Lipinski definition) is 1. The van der Waals surface area contributed by atoms with E-state index in [1.165, 1.54) is 30.8 Å². The molecule has 1 fully saturated rings. The molecule has 0 radical (unpaired) electrons. The van der Waals surface area contributed by atoms with Crippen LogP contribution in [0.15, 0.2) is 0 Å². The number of likely N-dealkylation sites (tertiary alicyclic amines) is 1. The Morgan fingerprint density at radius 3 is 2.69 bits per heavy atom. The van der Waals surface area contributed by atoms with Crippen molar-refractivity contribution in [3.8, 4) is 0 Å². The second kappa shape index (κ2) is 5.10. The standard InChI is InChI=1S/C11H20N4S/c1-8-5-4-6-9(2)15(8)7-10-11(12-3)16-14-13-10/h8-9,12H,4-7H2,1-3H3. The van der Waals surface area contributed by atoms with Gasteiger partial charge in [0, 0.05) is 37.2 Å². The van der Waals surface area contributed by atoms with Crippen molar-refractivity contribution >= 4 is 16.5 Å². The van der Waals surface area contributed by atoms with Gasteiger partial charge in [-0.25, -0.2) is 0 Å². The number of nitrogens with one attached hydrogen (secondary N) is 1. The van der Waals surface area contributed by atoms with Crippen molar-refractivity contribution in [3.05, 3.63) is 5.69 Å². The fraction of sp³-hybridized carbons (Fsp3) is 0.818. The number of nitrogens with zero attached hydrogens (tertiary/aromatic N) is 3.